The van der Waals surface area contributed by atoms with Gasteiger partial charge in [0.2, 0.25) is 0 Å². The summed E-state index contributed by atoms with van der Waals surface area (Å²) >= 11 is 0. The molecule has 0 saturated carbocycles. The van der Waals surface area contributed by atoms with E-state index < -0.39 is 6.61 Å². The van der Waals surface area contributed by atoms with E-state index in [0.29, 0.717) is 18.7 Å². The highest BCUT2D eigenvalue weighted by Crippen LogP contribution is 2.19. The Hall–Kier alpha value is -1.69. The SMILES string of the molecule is NC1CCN(C(=O)c2cccc(OC(F)F)c2)CC1. The number of benzene rings is 1. The Bertz CT molecular complexity index is 446. The summed E-state index contributed by atoms with van der Waals surface area (Å²) < 4.78 is 28.5. The minimum atomic E-state index is -2.89. The van der Waals surface area contributed by atoms with Crippen molar-refractivity contribution in [1.29, 1.82) is 0 Å². The number of carbonyl (C=O) groups excluding carboxylic acids is 1. The summed E-state index contributed by atoms with van der Waals surface area (Å²) in [4.78, 5) is 13.9. The van der Waals surface area contributed by atoms with E-state index in [1.807, 2.05) is 0 Å². The van der Waals surface area contributed by atoms with Crippen molar-refractivity contribution >= 4 is 5.91 Å². The van der Waals surface area contributed by atoms with Crippen LogP contribution in [-0.2, 0) is 0 Å². The quantitative estimate of drug-likeness (QED) is 0.912. The van der Waals surface area contributed by atoms with Crippen LogP contribution >= 0.6 is 0 Å². The zero-order valence-corrected chi connectivity index (χ0v) is 10.4. The molecule has 104 valence electrons. The van der Waals surface area contributed by atoms with Gasteiger partial charge < -0.3 is 15.4 Å². The van der Waals surface area contributed by atoms with Gasteiger partial charge in [0, 0.05) is 24.7 Å². The number of ether oxygens (including phenoxy) is 1. The maximum atomic E-state index is 12.2. The molecule has 1 amide bonds. The van der Waals surface area contributed by atoms with E-state index in [1.165, 1.54) is 18.2 Å². The molecule has 1 aromatic rings. The van der Waals surface area contributed by atoms with Crippen LogP contribution in [0.2, 0.25) is 0 Å². The van der Waals surface area contributed by atoms with Crippen LogP contribution in [0.15, 0.2) is 24.3 Å². The summed E-state index contributed by atoms with van der Waals surface area (Å²) in [5.74, 6) is -0.179. The zero-order chi connectivity index (χ0) is 13.8. The molecule has 1 saturated heterocycles. The Labute approximate surface area is 110 Å². The van der Waals surface area contributed by atoms with Gasteiger partial charge in [-0.25, -0.2) is 0 Å². The molecule has 2 rings (SSSR count). The van der Waals surface area contributed by atoms with Gasteiger partial charge in [-0.2, -0.15) is 8.78 Å². The second kappa shape index (κ2) is 5.97. The lowest BCUT2D eigenvalue weighted by Gasteiger charge is -2.30. The third-order valence-corrected chi connectivity index (χ3v) is 3.13. The monoisotopic (exact) mass is 270 g/mol. The van der Waals surface area contributed by atoms with Gasteiger partial charge in [-0.05, 0) is 31.0 Å². The molecule has 0 bridgehead atoms. The first-order valence-electron chi connectivity index (χ1n) is 6.16. The van der Waals surface area contributed by atoms with E-state index in [0.717, 1.165) is 12.8 Å². The van der Waals surface area contributed by atoms with Gasteiger partial charge in [0.05, 0.1) is 0 Å². The van der Waals surface area contributed by atoms with Crippen LogP contribution in [0.3, 0.4) is 0 Å². The van der Waals surface area contributed by atoms with Crippen LogP contribution in [0.5, 0.6) is 5.75 Å². The minimum Gasteiger partial charge on any atom is -0.435 e. The molecule has 4 nitrogen and oxygen atoms in total. The molecule has 0 radical (unpaired) electrons. The molecule has 0 atom stereocenters. The standard InChI is InChI=1S/C13H16F2N2O2/c14-13(15)19-11-3-1-2-9(8-11)12(18)17-6-4-10(16)5-7-17/h1-3,8,10,13H,4-7,16H2. The third kappa shape index (κ3) is 3.64. The van der Waals surface area contributed by atoms with Gasteiger partial charge in [-0.1, -0.05) is 6.07 Å². The number of alkyl halides is 2. The Morgan fingerprint density at radius 2 is 2.05 bits per heavy atom. The first kappa shape index (κ1) is 13.7. The topological polar surface area (TPSA) is 55.6 Å². The minimum absolute atomic E-state index is 0.00504. The van der Waals surface area contributed by atoms with Gasteiger partial charge in [-0.15, -0.1) is 0 Å². The third-order valence-electron chi connectivity index (χ3n) is 3.13. The van der Waals surface area contributed by atoms with Gasteiger partial charge >= 0.3 is 6.61 Å². The lowest BCUT2D eigenvalue weighted by atomic mass is 10.0. The lowest BCUT2D eigenvalue weighted by Crippen LogP contribution is -2.42. The molecule has 0 aliphatic carbocycles. The Balaban J connectivity index is 2.06. The number of nitrogens with zero attached hydrogens (tertiary/aromatic N) is 1. The number of likely N-dealkylation sites (tertiary alicyclic amines) is 1. The fourth-order valence-corrected chi connectivity index (χ4v) is 2.09. The first-order chi connectivity index (χ1) is 9.06. The Kier molecular flexibility index (Phi) is 4.31. The van der Waals surface area contributed by atoms with Crippen LogP contribution in [0.1, 0.15) is 23.2 Å². The van der Waals surface area contributed by atoms with Crippen molar-refractivity contribution in [2.45, 2.75) is 25.5 Å². The molecule has 0 aromatic heterocycles. The number of piperidine rings is 1. The summed E-state index contributed by atoms with van der Waals surface area (Å²) in [7, 11) is 0. The predicted molar refractivity (Wildman–Crippen MR) is 66.2 cm³/mol. The van der Waals surface area contributed by atoms with E-state index >= 15 is 0 Å². The van der Waals surface area contributed by atoms with Crippen molar-refractivity contribution in [3.8, 4) is 5.75 Å². The van der Waals surface area contributed by atoms with Crippen molar-refractivity contribution in [2.75, 3.05) is 13.1 Å². The first-order valence-corrected chi connectivity index (χ1v) is 6.16. The van der Waals surface area contributed by atoms with Crippen LogP contribution in [0.4, 0.5) is 8.78 Å². The molecule has 1 aliphatic rings. The van der Waals surface area contributed by atoms with Crippen molar-refractivity contribution in [3.05, 3.63) is 29.8 Å². The summed E-state index contributed by atoms with van der Waals surface area (Å²) in [5, 5.41) is 0. The average molecular weight is 270 g/mol. The average Bonchev–Trinajstić information content (AvgIpc) is 2.38. The largest absolute Gasteiger partial charge is 0.435 e. The van der Waals surface area contributed by atoms with E-state index in [2.05, 4.69) is 4.74 Å². The number of hydrogen-bond acceptors (Lipinski definition) is 3. The second-order valence-electron chi connectivity index (χ2n) is 4.54. The summed E-state index contributed by atoms with van der Waals surface area (Å²) in [6.07, 6.45) is 1.53. The molecule has 0 spiro atoms. The predicted octanol–water partition coefficient (Wildman–Crippen LogP) is 1.85. The van der Waals surface area contributed by atoms with Gasteiger partial charge in [0.15, 0.2) is 0 Å². The number of amides is 1. The summed E-state index contributed by atoms with van der Waals surface area (Å²) in [6.45, 7) is -1.70. The molecule has 6 heteroatoms. The number of halogens is 2. The molecule has 19 heavy (non-hydrogen) atoms. The fourth-order valence-electron chi connectivity index (χ4n) is 2.09. The van der Waals surface area contributed by atoms with Crippen LogP contribution in [0, 0.1) is 0 Å². The molecule has 1 fully saturated rings. The lowest BCUT2D eigenvalue weighted by molar-refractivity contribution is -0.0499. The van der Waals surface area contributed by atoms with Crippen molar-refractivity contribution in [1.82, 2.24) is 4.90 Å². The molecule has 1 aliphatic heterocycles. The highest BCUT2D eigenvalue weighted by Gasteiger charge is 2.22. The maximum Gasteiger partial charge on any atom is 0.387 e. The van der Waals surface area contributed by atoms with Crippen LogP contribution < -0.4 is 10.5 Å². The maximum absolute atomic E-state index is 12.2. The van der Waals surface area contributed by atoms with Gasteiger partial charge in [-0.3, -0.25) is 4.79 Å². The smallest absolute Gasteiger partial charge is 0.387 e. The fraction of sp³-hybridized carbons (Fsp3) is 0.462. The van der Waals surface area contributed by atoms with Crippen LogP contribution in [-0.4, -0.2) is 36.5 Å². The van der Waals surface area contributed by atoms with Crippen molar-refractivity contribution < 1.29 is 18.3 Å². The van der Waals surface area contributed by atoms with Crippen molar-refractivity contribution in [3.63, 3.8) is 0 Å². The molecule has 1 heterocycles. The summed E-state index contributed by atoms with van der Waals surface area (Å²) in [5.41, 5.74) is 6.13. The zero-order valence-electron chi connectivity index (χ0n) is 10.4. The highest BCUT2D eigenvalue weighted by molar-refractivity contribution is 5.94. The number of carbonyl (C=O) groups is 1. The number of hydrogen-bond donors (Lipinski definition) is 1. The molecular weight excluding hydrogens is 254 g/mol. The summed E-state index contributed by atoms with van der Waals surface area (Å²) in [6, 6.07) is 5.99. The molecule has 0 unspecified atom stereocenters. The number of rotatable bonds is 3. The Morgan fingerprint density at radius 3 is 2.68 bits per heavy atom. The molecule has 2 N–H and O–H groups in total. The van der Waals surface area contributed by atoms with Crippen molar-refractivity contribution in [2.24, 2.45) is 5.73 Å². The second-order valence-corrected chi connectivity index (χ2v) is 4.54. The highest BCUT2D eigenvalue weighted by atomic mass is 19.3. The van der Waals surface area contributed by atoms with E-state index in [9.17, 15) is 13.6 Å². The molecular formula is C13H16F2N2O2. The van der Waals surface area contributed by atoms with Gasteiger partial charge in [0.25, 0.3) is 5.91 Å². The van der Waals surface area contributed by atoms with E-state index in [-0.39, 0.29) is 17.7 Å². The van der Waals surface area contributed by atoms with E-state index in [4.69, 9.17) is 5.73 Å². The Morgan fingerprint density at radius 1 is 1.37 bits per heavy atom. The van der Waals surface area contributed by atoms with Crippen LogP contribution in [0.25, 0.3) is 0 Å². The number of nitrogens with two attached hydrogens (primary N) is 1. The van der Waals surface area contributed by atoms with E-state index in [1.54, 1.807) is 11.0 Å². The van der Waals surface area contributed by atoms with Gasteiger partial charge in [0.1, 0.15) is 5.75 Å². The normalized spacial score (nSPS) is 16.7. The molecule has 1 aromatic carbocycles.